The van der Waals surface area contributed by atoms with E-state index >= 15 is 0 Å². The molecule has 0 saturated carbocycles. The summed E-state index contributed by atoms with van der Waals surface area (Å²) >= 11 is 0. The molecule has 0 unspecified atom stereocenters. The van der Waals surface area contributed by atoms with Gasteiger partial charge >= 0.3 is 5.97 Å². The summed E-state index contributed by atoms with van der Waals surface area (Å²) in [5, 5.41) is 4.65. The Morgan fingerprint density at radius 2 is 2.00 bits per heavy atom. The molecule has 0 aliphatic heterocycles. The van der Waals surface area contributed by atoms with Gasteiger partial charge in [0.15, 0.2) is 5.69 Å². The third kappa shape index (κ3) is 3.07. The van der Waals surface area contributed by atoms with Gasteiger partial charge in [-0.2, -0.15) is 5.10 Å². The minimum Gasteiger partial charge on any atom is -0.420 e. The molecule has 6 nitrogen and oxygen atoms in total. The Balaban J connectivity index is 1.61. The van der Waals surface area contributed by atoms with Crippen molar-refractivity contribution in [3.8, 4) is 11.4 Å². The molecule has 0 radical (unpaired) electrons. The fourth-order valence-electron chi connectivity index (χ4n) is 2.39. The van der Waals surface area contributed by atoms with E-state index in [-0.39, 0.29) is 17.3 Å². The molecule has 0 aliphatic carbocycles. The van der Waals surface area contributed by atoms with Crippen molar-refractivity contribution in [1.29, 1.82) is 0 Å². The number of pyridine rings is 2. The third-order valence-electron chi connectivity index (χ3n) is 3.55. The Morgan fingerprint density at radius 3 is 2.84 bits per heavy atom. The molecule has 0 spiro atoms. The van der Waals surface area contributed by atoms with Crippen molar-refractivity contribution in [2.24, 2.45) is 0 Å². The molecule has 0 aliphatic rings. The highest BCUT2D eigenvalue weighted by Crippen LogP contribution is 2.20. The molecular weight excluding hydrogens is 323 g/mol. The van der Waals surface area contributed by atoms with E-state index in [0.29, 0.717) is 16.6 Å². The van der Waals surface area contributed by atoms with E-state index in [2.05, 4.69) is 15.1 Å². The van der Waals surface area contributed by atoms with Crippen molar-refractivity contribution >= 4 is 16.9 Å². The average molecular weight is 334 g/mol. The van der Waals surface area contributed by atoms with Crippen LogP contribution in [0.1, 0.15) is 10.5 Å². The van der Waals surface area contributed by atoms with Crippen LogP contribution in [0.3, 0.4) is 0 Å². The minimum atomic E-state index is -0.633. The molecule has 0 fully saturated rings. The van der Waals surface area contributed by atoms with Crippen LogP contribution in [-0.2, 0) is 0 Å². The van der Waals surface area contributed by atoms with Crippen molar-refractivity contribution < 1.29 is 13.9 Å². The second-order valence-corrected chi connectivity index (χ2v) is 5.25. The number of esters is 1. The predicted molar refractivity (Wildman–Crippen MR) is 88.0 cm³/mol. The second kappa shape index (κ2) is 6.12. The van der Waals surface area contributed by atoms with Gasteiger partial charge in [-0.1, -0.05) is 0 Å². The summed E-state index contributed by atoms with van der Waals surface area (Å²) in [6.45, 7) is 0. The number of halogens is 1. The van der Waals surface area contributed by atoms with Crippen LogP contribution in [-0.4, -0.2) is 25.7 Å². The maximum atomic E-state index is 13.3. The van der Waals surface area contributed by atoms with E-state index in [1.807, 2.05) is 0 Å². The molecule has 0 amide bonds. The lowest BCUT2D eigenvalue weighted by Crippen LogP contribution is -2.11. The first-order chi connectivity index (χ1) is 12.2. The molecular formula is C18H11FN4O2. The van der Waals surface area contributed by atoms with Crippen LogP contribution in [0.2, 0.25) is 0 Å². The first kappa shape index (κ1) is 14.9. The Hall–Kier alpha value is -3.61. The Kier molecular flexibility index (Phi) is 3.66. The van der Waals surface area contributed by atoms with E-state index in [1.165, 1.54) is 24.5 Å². The van der Waals surface area contributed by atoms with E-state index in [4.69, 9.17) is 4.74 Å². The molecule has 25 heavy (non-hydrogen) atoms. The molecule has 4 rings (SSSR count). The number of aromatic nitrogens is 4. The van der Waals surface area contributed by atoms with Crippen molar-refractivity contribution in [2.75, 3.05) is 0 Å². The van der Waals surface area contributed by atoms with Crippen LogP contribution in [0.25, 0.3) is 16.6 Å². The molecule has 122 valence electrons. The van der Waals surface area contributed by atoms with Gasteiger partial charge < -0.3 is 4.74 Å². The fraction of sp³-hybridized carbons (Fsp3) is 0. The van der Waals surface area contributed by atoms with Crippen molar-refractivity contribution in [2.45, 2.75) is 0 Å². The molecule has 7 heteroatoms. The zero-order valence-electron chi connectivity index (χ0n) is 12.8. The summed E-state index contributed by atoms with van der Waals surface area (Å²) in [7, 11) is 0. The van der Waals surface area contributed by atoms with E-state index in [0.717, 1.165) is 0 Å². The van der Waals surface area contributed by atoms with Gasteiger partial charge in [0, 0.05) is 24.0 Å². The lowest BCUT2D eigenvalue weighted by Gasteiger charge is -2.06. The fourth-order valence-corrected chi connectivity index (χ4v) is 2.39. The molecule has 3 aromatic heterocycles. The molecule has 3 heterocycles. The number of fused-ring (bicyclic) bond motifs is 1. The third-order valence-corrected chi connectivity index (χ3v) is 3.55. The van der Waals surface area contributed by atoms with E-state index in [9.17, 15) is 9.18 Å². The number of benzene rings is 1. The van der Waals surface area contributed by atoms with Crippen molar-refractivity contribution in [1.82, 2.24) is 19.7 Å². The molecule has 0 N–H and O–H groups in total. The number of ether oxygens (including phenoxy) is 1. The zero-order valence-corrected chi connectivity index (χ0v) is 12.8. The number of carbonyl (C=O) groups excluding carboxylic acids is 1. The maximum Gasteiger partial charge on any atom is 0.362 e. The van der Waals surface area contributed by atoms with Crippen LogP contribution >= 0.6 is 0 Å². The number of carbonyl (C=O) groups is 1. The minimum absolute atomic E-state index is 0.132. The summed E-state index contributed by atoms with van der Waals surface area (Å²) in [5.74, 6) is -0.799. The summed E-state index contributed by atoms with van der Waals surface area (Å²) in [6, 6.07) is 10.8. The second-order valence-electron chi connectivity index (χ2n) is 5.25. The smallest absolute Gasteiger partial charge is 0.362 e. The lowest BCUT2D eigenvalue weighted by molar-refractivity contribution is 0.0728. The predicted octanol–water partition coefficient (Wildman–Crippen LogP) is 3.17. The van der Waals surface area contributed by atoms with Gasteiger partial charge in [0.25, 0.3) is 0 Å². The number of nitrogens with zero attached hydrogens (tertiary/aromatic N) is 4. The van der Waals surface area contributed by atoms with Crippen LogP contribution < -0.4 is 4.74 Å². The van der Waals surface area contributed by atoms with Crippen LogP contribution in [0.4, 0.5) is 4.39 Å². The number of hydrogen-bond donors (Lipinski definition) is 0. The SMILES string of the molecule is O=C(Oc1cnc2ccc(F)cc2c1)c1cc(-n2cccn2)ccn1. The summed E-state index contributed by atoms with van der Waals surface area (Å²) in [6.07, 6.45) is 6.31. The number of hydrogen-bond acceptors (Lipinski definition) is 5. The normalized spacial score (nSPS) is 10.8. The van der Waals surface area contributed by atoms with E-state index in [1.54, 1.807) is 47.4 Å². The lowest BCUT2D eigenvalue weighted by atomic mass is 10.2. The first-order valence-corrected chi connectivity index (χ1v) is 7.43. The zero-order chi connectivity index (χ0) is 17.2. The molecule has 1 aromatic carbocycles. The largest absolute Gasteiger partial charge is 0.420 e. The van der Waals surface area contributed by atoms with Gasteiger partial charge in [-0.3, -0.25) is 4.98 Å². The maximum absolute atomic E-state index is 13.3. The Bertz CT molecular complexity index is 1060. The standard InChI is InChI=1S/C18H11FN4O2/c19-13-2-3-16-12(8-13)9-15(11-21-16)25-18(24)17-10-14(4-6-20-17)23-7-1-5-22-23/h1-11H. The molecule has 0 bridgehead atoms. The van der Waals surface area contributed by atoms with Gasteiger partial charge in [-0.05, 0) is 42.5 Å². The molecule has 0 saturated heterocycles. The number of rotatable bonds is 3. The highest BCUT2D eigenvalue weighted by atomic mass is 19.1. The highest BCUT2D eigenvalue weighted by Gasteiger charge is 2.12. The first-order valence-electron chi connectivity index (χ1n) is 7.43. The van der Waals surface area contributed by atoms with Gasteiger partial charge in [-0.15, -0.1) is 0 Å². The summed E-state index contributed by atoms with van der Waals surface area (Å²) < 4.78 is 20.2. The monoisotopic (exact) mass is 334 g/mol. The quantitative estimate of drug-likeness (QED) is 0.538. The Morgan fingerprint density at radius 1 is 1.08 bits per heavy atom. The molecule has 0 atom stereocenters. The Labute approximate surface area is 141 Å². The van der Waals surface area contributed by atoms with Gasteiger partial charge in [-0.25, -0.2) is 18.9 Å². The topological polar surface area (TPSA) is 69.9 Å². The molecule has 4 aromatic rings. The van der Waals surface area contributed by atoms with Gasteiger partial charge in [0.05, 0.1) is 17.4 Å². The van der Waals surface area contributed by atoms with Gasteiger partial charge in [0.2, 0.25) is 0 Å². The van der Waals surface area contributed by atoms with Crippen molar-refractivity contribution in [3.05, 3.63) is 78.8 Å². The van der Waals surface area contributed by atoms with Crippen LogP contribution in [0, 0.1) is 5.82 Å². The summed E-state index contributed by atoms with van der Waals surface area (Å²) in [5.41, 5.74) is 1.43. The van der Waals surface area contributed by atoms with Crippen LogP contribution in [0.15, 0.2) is 67.3 Å². The summed E-state index contributed by atoms with van der Waals surface area (Å²) in [4.78, 5) is 20.5. The average Bonchev–Trinajstić information content (AvgIpc) is 3.16. The highest BCUT2D eigenvalue weighted by molar-refractivity contribution is 5.90. The van der Waals surface area contributed by atoms with Gasteiger partial charge in [0.1, 0.15) is 11.6 Å². The van der Waals surface area contributed by atoms with Crippen molar-refractivity contribution in [3.63, 3.8) is 0 Å². The van der Waals surface area contributed by atoms with Crippen LogP contribution in [0.5, 0.6) is 5.75 Å². The van der Waals surface area contributed by atoms with E-state index < -0.39 is 5.97 Å².